The quantitative estimate of drug-likeness (QED) is 0.909. The Labute approximate surface area is 110 Å². The number of aromatic carboxylic acids is 1. The zero-order valence-electron chi connectivity index (χ0n) is 10.2. The van der Waals surface area contributed by atoms with E-state index >= 15 is 0 Å². The number of rotatable bonds is 4. The Morgan fingerprint density at radius 1 is 1.22 bits per heavy atom. The molecule has 2 aromatic rings. The molecule has 0 aliphatic carbocycles. The van der Waals surface area contributed by atoms with Gasteiger partial charge in [0.25, 0.3) is 0 Å². The number of hydrogen-bond donors (Lipinski definition) is 1. The normalized spacial score (nSPS) is 10.6. The minimum Gasteiger partial charge on any atom is -0.491 e. The van der Waals surface area contributed by atoms with Crippen molar-refractivity contribution in [1.29, 1.82) is 0 Å². The largest absolute Gasteiger partial charge is 0.491 e. The molecule has 0 aliphatic rings. The monoisotopic (exact) mass is 262 g/mol. The highest BCUT2D eigenvalue weighted by Crippen LogP contribution is 2.29. The summed E-state index contributed by atoms with van der Waals surface area (Å²) < 4.78 is 5.55. The average molecular weight is 262 g/mol. The number of carboxylic acid groups (broad SMARTS) is 1. The van der Waals surface area contributed by atoms with Crippen LogP contribution in [-0.2, 0) is 0 Å². The Hall–Kier alpha value is -1.81. The van der Waals surface area contributed by atoms with Crippen molar-refractivity contribution < 1.29 is 14.6 Å². The van der Waals surface area contributed by atoms with Gasteiger partial charge in [0.15, 0.2) is 0 Å². The molecule has 1 heterocycles. The lowest BCUT2D eigenvalue weighted by atomic mass is 10.0. The molecule has 0 bridgehead atoms. The van der Waals surface area contributed by atoms with E-state index in [0.717, 1.165) is 16.9 Å². The second-order valence-electron chi connectivity index (χ2n) is 4.20. The van der Waals surface area contributed by atoms with Gasteiger partial charge in [0.2, 0.25) is 0 Å². The van der Waals surface area contributed by atoms with E-state index in [1.54, 1.807) is 5.38 Å². The van der Waals surface area contributed by atoms with Crippen LogP contribution in [0.15, 0.2) is 35.0 Å². The Kier molecular flexibility index (Phi) is 3.67. The first-order valence-electron chi connectivity index (χ1n) is 5.64. The molecule has 1 N–H and O–H groups in total. The van der Waals surface area contributed by atoms with Crippen LogP contribution in [0.25, 0.3) is 11.1 Å². The van der Waals surface area contributed by atoms with Gasteiger partial charge in [-0.3, -0.25) is 0 Å². The lowest BCUT2D eigenvalue weighted by molar-refractivity contribution is 0.0698. The molecule has 0 amide bonds. The van der Waals surface area contributed by atoms with E-state index < -0.39 is 5.97 Å². The van der Waals surface area contributed by atoms with Gasteiger partial charge in [-0.15, -0.1) is 0 Å². The molecule has 4 heteroatoms. The summed E-state index contributed by atoms with van der Waals surface area (Å²) in [4.78, 5) is 11.1. The minimum atomic E-state index is -0.895. The van der Waals surface area contributed by atoms with Crippen molar-refractivity contribution in [2.24, 2.45) is 0 Å². The number of benzene rings is 1. The zero-order valence-corrected chi connectivity index (χ0v) is 11.0. The van der Waals surface area contributed by atoms with Gasteiger partial charge in [-0.25, -0.2) is 4.79 Å². The van der Waals surface area contributed by atoms with Crippen molar-refractivity contribution in [3.05, 3.63) is 40.6 Å². The third-order valence-electron chi connectivity index (χ3n) is 2.43. The number of carbonyl (C=O) groups is 1. The van der Waals surface area contributed by atoms with Crippen molar-refractivity contribution in [2.45, 2.75) is 20.0 Å². The Morgan fingerprint density at radius 3 is 2.44 bits per heavy atom. The van der Waals surface area contributed by atoms with E-state index in [2.05, 4.69) is 0 Å². The molecule has 2 rings (SSSR count). The average Bonchev–Trinajstić information content (AvgIpc) is 2.78. The molecule has 0 atom stereocenters. The highest BCUT2D eigenvalue weighted by atomic mass is 32.1. The molecule has 1 aromatic heterocycles. The van der Waals surface area contributed by atoms with Gasteiger partial charge < -0.3 is 9.84 Å². The first-order valence-corrected chi connectivity index (χ1v) is 6.59. The van der Waals surface area contributed by atoms with Crippen molar-refractivity contribution in [2.75, 3.05) is 0 Å². The van der Waals surface area contributed by atoms with Gasteiger partial charge >= 0.3 is 5.97 Å². The fraction of sp³-hybridized carbons (Fsp3) is 0.214. The third kappa shape index (κ3) is 2.71. The molecule has 3 nitrogen and oxygen atoms in total. The summed E-state index contributed by atoms with van der Waals surface area (Å²) in [5.74, 6) is -0.102. The van der Waals surface area contributed by atoms with E-state index in [-0.39, 0.29) is 6.10 Å². The van der Waals surface area contributed by atoms with Crippen LogP contribution in [0.1, 0.15) is 24.2 Å². The number of thiophene rings is 1. The van der Waals surface area contributed by atoms with Crippen LogP contribution in [0, 0.1) is 0 Å². The van der Waals surface area contributed by atoms with Crippen molar-refractivity contribution in [3.63, 3.8) is 0 Å². The summed E-state index contributed by atoms with van der Waals surface area (Å²) >= 11 is 1.39. The van der Waals surface area contributed by atoms with Gasteiger partial charge in [-0.05, 0) is 36.9 Å². The van der Waals surface area contributed by atoms with Gasteiger partial charge in [-0.1, -0.05) is 12.1 Å². The zero-order chi connectivity index (χ0) is 13.1. The number of carboxylic acids is 1. The van der Waals surface area contributed by atoms with Crippen LogP contribution in [-0.4, -0.2) is 17.2 Å². The first-order chi connectivity index (χ1) is 8.58. The number of hydrogen-bond acceptors (Lipinski definition) is 3. The molecular weight excluding hydrogens is 248 g/mol. The lowest BCUT2D eigenvalue weighted by Gasteiger charge is -2.10. The molecule has 0 saturated heterocycles. The topological polar surface area (TPSA) is 46.5 Å². The van der Waals surface area contributed by atoms with Gasteiger partial charge in [0, 0.05) is 10.9 Å². The number of ether oxygens (including phenoxy) is 1. The van der Waals surface area contributed by atoms with Crippen molar-refractivity contribution in [3.8, 4) is 16.9 Å². The maximum absolute atomic E-state index is 11.1. The van der Waals surface area contributed by atoms with Crippen molar-refractivity contribution >= 4 is 17.3 Å². The molecule has 0 aliphatic heterocycles. The maximum atomic E-state index is 11.1. The molecule has 0 radical (unpaired) electrons. The highest BCUT2D eigenvalue weighted by Gasteiger charge is 2.12. The molecule has 0 saturated carbocycles. The summed E-state index contributed by atoms with van der Waals surface area (Å²) in [6, 6.07) is 7.48. The van der Waals surface area contributed by atoms with Gasteiger partial charge in [-0.2, -0.15) is 11.3 Å². The smallest absolute Gasteiger partial charge is 0.337 e. The Bertz CT molecular complexity index is 540. The van der Waals surface area contributed by atoms with Crippen LogP contribution in [0.5, 0.6) is 5.75 Å². The van der Waals surface area contributed by atoms with Crippen LogP contribution in [0.2, 0.25) is 0 Å². The fourth-order valence-electron chi connectivity index (χ4n) is 1.67. The summed E-state index contributed by atoms with van der Waals surface area (Å²) in [5, 5.41) is 12.6. The third-order valence-corrected chi connectivity index (χ3v) is 3.17. The molecule has 0 fully saturated rings. The van der Waals surface area contributed by atoms with Crippen LogP contribution >= 0.6 is 11.3 Å². The molecule has 0 spiro atoms. The van der Waals surface area contributed by atoms with Crippen LogP contribution in [0.3, 0.4) is 0 Å². The second-order valence-corrected chi connectivity index (χ2v) is 4.94. The summed E-state index contributed by atoms with van der Waals surface area (Å²) in [5.41, 5.74) is 1.99. The van der Waals surface area contributed by atoms with E-state index in [4.69, 9.17) is 9.84 Å². The van der Waals surface area contributed by atoms with Crippen LogP contribution in [0.4, 0.5) is 0 Å². The van der Waals surface area contributed by atoms with E-state index in [1.807, 2.05) is 43.5 Å². The predicted octanol–water partition coefficient (Wildman–Crippen LogP) is 3.90. The molecule has 1 aromatic carbocycles. The maximum Gasteiger partial charge on any atom is 0.337 e. The first kappa shape index (κ1) is 12.6. The summed E-state index contributed by atoms with van der Waals surface area (Å²) in [6.45, 7) is 3.94. The summed E-state index contributed by atoms with van der Waals surface area (Å²) in [6.07, 6.45) is 0.131. The molecule has 94 valence electrons. The standard InChI is InChI=1S/C14H14O3S/c1-9(2)17-11-5-3-10(4-6-11)12-7-18-8-13(12)14(15)16/h3-9H,1-2H3,(H,15,16). The predicted molar refractivity (Wildman–Crippen MR) is 72.5 cm³/mol. The fourth-order valence-corrected chi connectivity index (χ4v) is 2.50. The lowest BCUT2D eigenvalue weighted by Crippen LogP contribution is -2.05. The van der Waals surface area contributed by atoms with E-state index in [1.165, 1.54) is 11.3 Å². The second kappa shape index (κ2) is 5.23. The van der Waals surface area contributed by atoms with Gasteiger partial charge in [0.05, 0.1) is 11.7 Å². The van der Waals surface area contributed by atoms with Gasteiger partial charge in [0.1, 0.15) is 5.75 Å². The SMILES string of the molecule is CC(C)Oc1ccc(-c2cscc2C(=O)O)cc1. The highest BCUT2D eigenvalue weighted by molar-refractivity contribution is 7.08. The van der Waals surface area contributed by atoms with Crippen LogP contribution < -0.4 is 4.74 Å². The van der Waals surface area contributed by atoms with Crippen molar-refractivity contribution in [1.82, 2.24) is 0 Å². The summed E-state index contributed by atoms with van der Waals surface area (Å²) in [7, 11) is 0. The molecule has 18 heavy (non-hydrogen) atoms. The van der Waals surface area contributed by atoms with E-state index in [9.17, 15) is 4.79 Å². The molecular formula is C14H14O3S. The Balaban J connectivity index is 2.29. The van der Waals surface area contributed by atoms with E-state index in [0.29, 0.717) is 5.56 Å². The minimum absolute atomic E-state index is 0.131. The molecule has 0 unspecified atom stereocenters. The Morgan fingerprint density at radius 2 is 1.89 bits per heavy atom.